The maximum absolute atomic E-state index is 13.7. The van der Waals surface area contributed by atoms with Crippen molar-refractivity contribution in [1.82, 2.24) is 24.0 Å². The van der Waals surface area contributed by atoms with Crippen LogP contribution in [0, 0.1) is 0 Å². The molecule has 0 radical (unpaired) electrons. The number of nitrogens with one attached hydrogen (secondary N) is 1. The van der Waals surface area contributed by atoms with Crippen LogP contribution in [0.3, 0.4) is 0 Å². The minimum atomic E-state index is -0.544. The van der Waals surface area contributed by atoms with Crippen LogP contribution >= 0.6 is 11.6 Å². The van der Waals surface area contributed by atoms with E-state index in [2.05, 4.69) is 10.2 Å². The molecule has 1 aromatic carbocycles. The zero-order valence-corrected chi connectivity index (χ0v) is 22.4. The van der Waals surface area contributed by atoms with Crippen molar-refractivity contribution in [3.8, 4) is 0 Å². The number of fused-ring (bicyclic) bond motifs is 3. The zero-order chi connectivity index (χ0) is 26.5. The Morgan fingerprint density at radius 2 is 1.86 bits per heavy atom. The number of hydrogen-bond donors (Lipinski definition) is 1. The van der Waals surface area contributed by atoms with Crippen molar-refractivity contribution in [3.05, 3.63) is 55.7 Å². The Morgan fingerprint density at radius 3 is 2.57 bits per heavy atom. The molecule has 11 heteroatoms. The standard InChI is InChI=1S/C26H33ClN6O4/c1-26(2,3)37-24(35)28-17-13-18(14-17)31-11-7-8-12-32-20-21(29-23(31)32)30(4)25(36)33(22(20)34)15-16-9-5-6-10-19(16)27/h5-6,9-10,17-18H,7-8,11-15H2,1-4H3,(H,28,35). The first-order valence-corrected chi connectivity index (χ1v) is 13.1. The summed E-state index contributed by atoms with van der Waals surface area (Å²) >= 11 is 6.32. The van der Waals surface area contributed by atoms with Gasteiger partial charge >= 0.3 is 11.8 Å². The van der Waals surface area contributed by atoms with Gasteiger partial charge in [-0.3, -0.25) is 13.9 Å². The van der Waals surface area contributed by atoms with Crippen molar-refractivity contribution in [2.24, 2.45) is 7.05 Å². The monoisotopic (exact) mass is 528 g/mol. The van der Waals surface area contributed by atoms with Crippen LogP contribution in [-0.2, 0) is 24.9 Å². The number of carbonyl (C=O) groups is 1. The Kier molecular flexibility index (Phi) is 6.55. The van der Waals surface area contributed by atoms with E-state index in [1.165, 1.54) is 9.13 Å². The van der Waals surface area contributed by atoms with E-state index in [1.54, 1.807) is 13.1 Å². The van der Waals surface area contributed by atoms with E-state index in [1.807, 2.05) is 43.5 Å². The van der Waals surface area contributed by atoms with Gasteiger partial charge in [0.1, 0.15) is 5.60 Å². The average Bonchev–Trinajstić information content (AvgIpc) is 3.06. The van der Waals surface area contributed by atoms with Crippen molar-refractivity contribution < 1.29 is 9.53 Å². The molecule has 2 aromatic heterocycles. The minimum absolute atomic E-state index is 0.0261. The lowest BCUT2D eigenvalue weighted by atomic mass is 9.85. The summed E-state index contributed by atoms with van der Waals surface area (Å²) in [5.74, 6) is 0.704. The van der Waals surface area contributed by atoms with Gasteiger partial charge in [0.05, 0.1) is 6.54 Å². The SMILES string of the molecule is Cn1c(=O)n(Cc2ccccc2Cl)c(=O)c2c1nc1n2CCCCN1C1CC(NC(=O)OC(C)(C)C)C1. The van der Waals surface area contributed by atoms with Gasteiger partial charge in [0, 0.05) is 37.2 Å². The molecule has 10 nitrogen and oxygen atoms in total. The summed E-state index contributed by atoms with van der Waals surface area (Å²) in [6, 6.07) is 7.41. The van der Waals surface area contributed by atoms with E-state index in [-0.39, 0.29) is 24.2 Å². The molecule has 1 aliphatic heterocycles. The molecule has 1 aliphatic carbocycles. The molecule has 1 N–H and O–H groups in total. The number of halogens is 1. The number of nitrogens with zero attached hydrogens (tertiary/aromatic N) is 5. The van der Waals surface area contributed by atoms with Gasteiger partial charge in [-0.05, 0) is 58.1 Å². The number of benzene rings is 1. The molecule has 198 valence electrons. The zero-order valence-electron chi connectivity index (χ0n) is 21.7. The van der Waals surface area contributed by atoms with Crippen LogP contribution in [0.5, 0.6) is 0 Å². The molecule has 1 fully saturated rings. The maximum Gasteiger partial charge on any atom is 0.407 e. The topological polar surface area (TPSA) is 103 Å². The maximum atomic E-state index is 13.7. The van der Waals surface area contributed by atoms with Crippen molar-refractivity contribution in [1.29, 1.82) is 0 Å². The second-order valence-corrected chi connectivity index (χ2v) is 11.3. The van der Waals surface area contributed by atoms with Gasteiger partial charge in [-0.2, -0.15) is 4.98 Å². The number of ether oxygens (including phenoxy) is 1. The third-order valence-corrected chi connectivity index (χ3v) is 7.43. The molecule has 5 rings (SSSR count). The Hall–Kier alpha value is -3.27. The fourth-order valence-corrected chi connectivity index (χ4v) is 5.36. The van der Waals surface area contributed by atoms with E-state index < -0.39 is 17.4 Å². The molecule has 3 heterocycles. The first kappa shape index (κ1) is 25.4. The van der Waals surface area contributed by atoms with E-state index >= 15 is 0 Å². The van der Waals surface area contributed by atoms with E-state index in [0.717, 1.165) is 32.2 Å². The summed E-state index contributed by atoms with van der Waals surface area (Å²) < 4.78 is 10.0. The van der Waals surface area contributed by atoms with Crippen LogP contribution in [0.2, 0.25) is 5.02 Å². The van der Waals surface area contributed by atoms with Gasteiger partial charge in [0.15, 0.2) is 11.2 Å². The van der Waals surface area contributed by atoms with Gasteiger partial charge in [-0.15, -0.1) is 0 Å². The number of rotatable bonds is 4. The first-order valence-electron chi connectivity index (χ1n) is 12.7. The third kappa shape index (κ3) is 4.86. The van der Waals surface area contributed by atoms with Crippen molar-refractivity contribution in [2.75, 3.05) is 11.4 Å². The lowest BCUT2D eigenvalue weighted by molar-refractivity contribution is 0.0470. The number of anilines is 1. The van der Waals surface area contributed by atoms with E-state index in [0.29, 0.717) is 34.2 Å². The van der Waals surface area contributed by atoms with Crippen LogP contribution in [-0.4, -0.2) is 49.0 Å². The molecule has 0 saturated heterocycles. The number of amides is 1. The van der Waals surface area contributed by atoms with Gasteiger partial charge in [-0.1, -0.05) is 29.8 Å². The van der Waals surface area contributed by atoms with Crippen LogP contribution in [0.1, 0.15) is 52.0 Å². The quantitative estimate of drug-likeness (QED) is 0.557. The number of imidazole rings is 1. The summed E-state index contributed by atoms with van der Waals surface area (Å²) in [5, 5.41) is 3.45. The van der Waals surface area contributed by atoms with E-state index in [4.69, 9.17) is 21.3 Å². The molecule has 0 bridgehead atoms. The van der Waals surface area contributed by atoms with Crippen molar-refractivity contribution >= 4 is 34.8 Å². The first-order chi connectivity index (χ1) is 17.5. The van der Waals surface area contributed by atoms with Crippen LogP contribution < -0.4 is 21.5 Å². The van der Waals surface area contributed by atoms with Gasteiger partial charge in [0.25, 0.3) is 5.56 Å². The Labute approximate surface area is 219 Å². The molecule has 0 unspecified atom stereocenters. The minimum Gasteiger partial charge on any atom is -0.444 e. The molecule has 1 amide bonds. The molecule has 1 saturated carbocycles. The Balaban J connectivity index is 1.45. The number of aromatic nitrogens is 4. The fourth-order valence-electron chi connectivity index (χ4n) is 5.16. The summed E-state index contributed by atoms with van der Waals surface area (Å²) in [5.41, 5.74) is 0.184. The number of aryl methyl sites for hydroxylation is 2. The molecule has 3 aromatic rings. The fraction of sp³-hybridized carbons (Fsp3) is 0.538. The lowest BCUT2D eigenvalue weighted by Crippen LogP contribution is -2.55. The summed E-state index contributed by atoms with van der Waals surface area (Å²) in [7, 11) is 1.65. The summed E-state index contributed by atoms with van der Waals surface area (Å²) in [6.45, 7) is 7.06. The largest absolute Gasteiger partial charge is 0.444 e. The summed E-state index contributed by atoms with van der Waals surface area (Å²) in [4.78, 5) is 46.1. The van der Waals surface area contributed by atoms with Crippen molar-refractivity contribution in [2.45, 2.75) is 77.2 Å². The normalized spacial score (nSPS) is 19.8. The number of hydrogen-bond acceptors (Lipinski definition) is 6. The summed E-state index contributed by atoms with van der Waals surface area (Å²) in [6.07, 6.45) is 2.98. The highest BCUT2D eigenvalue weighted by molar-refractivity contribution is 6.31. The Morgan fingerprint density at radius 1 is 1.16 bits per heavy atom. The lowest BCUT2D eigenvalue weighted by Gasteiger charge is -2.43. The molecular weight excluding hydrogens is 496 g/mol. The molecule has 2 aliphatic rings. The highest BCUT2D eigenvalue weighted by atomic mass is 35.5. The number of alkyl carbamates (subject to hydrolysis) is 1. The predicted molar refractivity (Wildman–Crippen MR) is 143 cm³/mol. The highest BCUT2D eigenvalue weighted by Gasteiger charge is 2.38. The highest BCUT2D eigenvalue weighted by Crippen LogP contribution is 2.33. The molecule has 37 heavy (non-hydrogen) atoms. The van der Waals surface area contributed by atoms with Crippen LogP contribution in [0.25, 0.3) is 11.2 Å². The second kappa shape index (κ2) is 9.55. The number of carbonyl (C=O) groups excluding carboxylic acids is 1. The second-order valence-electron chi connectivity index (χ2n) is 10.9. The molecule has 0 atom stereocenters. The third-order valence-electron chi connectivity index (χ3n) is 7.06. The van der Waals surface area contributed by atoms with Gasteiger partial charge in [-0.25, -0.2) is 9.59 Å². The van der Waals surface area contributed by atoms with Gasteiger partial charge < -0.3 is 19.5 Å². The Bertz CT molecular complexity index is 1460. The molecule has 0 spiro atoms. The smallest absolute Gasteiger partial charge is 0.407 e. The predicted octanol–water partition coefficient (Wildman–Crippen LogP) is 3.25. The average molecular weight is 529 g/mol. The van der Waals surface area contributed by atoms with Crippen LogP contribution in [0.15, 0.2) is 33.9 Å². The molecular formula is C26H33ClN6O4. The van der Waals surface area contributed by atoms with E-state index in [9.17, 15) is 14.4 Å². The van der Waals surface area contributed by atoms with Crippen LogP contribution in [0.4, 0.5) is 10.7 Å². The van der Waals surface area contributed by atoms with Gasteiger partial charge in [0.2, 0.25) is 5.95 Å². The van der Waals surface area contributed by atoms with Crippen molar-refractivity contribution in [3.63, 3.8) is 0 Å².